The second-order valence-electron chi connectivity index (χ2n) is 10.4. The molecule has 0 saturated carbocycles. The minimum atomic E-state index is -0.378. The van der Waals surface area contributed by atoms with E-state index in [4.69, 9.17) is 2.74 Å². The van der Waals surface area contributed by atoms with Crippen molar-refractivity contribution in [3.63, 3.8) is 0 Å². The maximum absolute atomic E-state index is 9.72. The zero-order valence-corrected chi connectivity index (χ0v) is 22.6. The van der Waals surface area contributed by atoms with Gasteiger partial charge in [0.2, 0.25) is 0 Å². The molecule has 0 spiro atoms. The van der Waals surface area contributed by atoms with Gasteiger partial charge in [-0.25, -0.2) is 0 Å². The first kappa shape index (κ1) is 18.1. The number of hydrogen-bond donors (Lipinski definition) is 0. The fraction of sp³-hybridized carbons (Fsp3) is 0. The van der Waals surface area contributed by atoms with Crippen LogP contribution in [0.4, 0.5) is 0 Å². The first-order valence-electron chi connectivity index (χ1n) is 17.5. The van der Waals surface area contributed by atoms with Crippen LogP contribution in [0, 0.1) is 0 Å². The molecule has 0 aromatic heterocycles. The molecule has 0 unspecified atom stereocenters. The molecular formula is C42H28. The van der Waals surface area contributed by atoms with Crippen molar-refractivity contribution in [2.75, 3.05) is 0 Å². The van der Waals surface area contributed by atoms with Gasteiger partial charge >= 0.3 is 0 Å². The Kier molecular flexibility index (Phi) is 4.38. The molecule has 8 rings (SSSR count). The van der Waals surface area contributed by atoms with E-state index >= 15 is 0 Å². The summed E-state index contributed by atoms with van der Waals surface area (Å²) < 4.78 is 64.2. The molecule has 0 heteroatoms. The lowest BCUT2D eigenvalue weighted by molar-refractivity contribution is 1.62. The highest BCUT2D eigenvalue weighted by Gasteiger charge is 2.17. The van der Waals surface area contributed by atoms with Gasteiger partial charge in [0.1, 0.15) is 0 Å². The molecule has 8 aromatic carbocycles. The second kappa shape index (κ2) is 10.2. The van der Waals surface area contributed by atoms with E-state index in [0.717, 1.165) is 21.9 Å². The first-order chi connectivity index (χ1) is 23.8. The third-order valence-electron chi connectivity index (χ3n) is 7.88. The third-order valence-corrected chi connectivity index (χ3v) is 7.88. The summed E-state index contributed by atoms with van der Waals surface area (Å²) in [6, 6.07) is 39.3. The molecule has 8 aromatic rings. The summed E-state index contributed by atoms with van der Waals surface area (Å²) in [4.78, 5) is 0. The summed E-state index contributed by atoms with van der Waals surface area (Å²) >= 11 is 0. The molecule has 0 nitrogen and oxygen atoms in total. The highest BCUT2D eigenvalue weighted by Crippen LogP contribution is 2.45. The van der Waals surface area contributed by atoms with Crippen molar-refractivity contribution in [1.29, 1.82) is 0 Å². The summed E-state index contributed by atoms with van der Waals surface area (Å²) in [6.07, 6.45) is 0. The van der Waals surface area contributed by atoms with Gasteiger partial charge in [-0.15, -0.1) is 0 Å². The van der Waals surface area contributed by atoms with Crippen LogP contribution in [0.15, 0.2) is 170 Å². The second-order valence-corrected chi connectivity index (χ2v) is 10.4. The average molecular weight is 540 g/mol. The molecule has 0 aliphatic rings. The topological polar surface area (TPSA) is 0 Å². The zero-order valence-electron chi connectivity index (χ0n) is 29.6. The molecule has 0 bridgehead atoms. The zero-order chi connectivity index (χ0) is 34.0. The van der Waals surface area contributed by atoms with Gasteiger partial charge in [-0.1, -0.05) is 158 Å². The monoisotopic (exact) mass is 539 g/mol. The van der Waals surface area contributed by atoms with E-state index in [1.165, 1.54) is 0 Å². The molecule has 0 aliphatic heterocycles. The van der Waals surface area contributed by atoms with Crippen molar-refractivity contribution < 1.29 is 9.60 Å². The summed E-state index contributed by atoms with van der Waals surface area (Å²) in [6.45, 7) is 0. The third kappa shape index (κ3) is 4.17. The summed E-state index contributed by atoms with van der Waals surface area (Å²) in [5.41, 5.74) is 5.07. The van der Waals surface area contributed by atoms with E-state index in [0.29, 0.717) is 44.2 Å². The lowest BCUT2D eigenvalue weighted by Gasteiger charge is -2.19. The Morgan fingerprint density at radius 2 is 0.833 bits per heavy atom. The van der Waals surface area contributed by atoms with Crippen LogP contribution in [0.2, 0.25) is 0 Å². The van der Waals surface area contributed by atoms with Crippen molar-refractivity contribution in [2.24, 2.45) is 0 Å². The van der Waals surface area contributed by atoms with E-state index in [1.54, 1.807) is 0 Å². The molecule has 0 fully saturated rings. The van der Waals surface area contributed by atoms with Crippen molar-refractivity contribution in [1.82, 2.24) is 0 Å². The van der Waals surface area contributed by atoms with Crippen LogP contribution < -0.4 is 0 Å². The van der Waals surface area contributed by atoms with Crippen molar-refractivity contribution in [3.8, 4) is 44.5 Å². The van der Waals surface area contributed by atoms with Crippen LogP contribution in [-0.2, 0) is 0 Å². The highest BCUT2D eigenvalue weighted by atomic mass is 14.2. The normalized spacial score (nSPS) is 13.7. The Morgan fingerprint density at radius 3 is 1.55 bits per heavy atom. The largest absolute Gasteiger partial charge is 0.0636 e. The molecule has 0 heterocycles. The van der Waals surface area contributed by atoms with Crippen molar-refractivity contribution >= 4 is 32.3 Å². The van der Waals surface area contributed by atoms with E-state index in [-0.39, 0.29) is 53.1 Å². The van der Waals surface area contributed by atoms with Crippen molar-refractivity contribution in [2.45, 2.75) is 0 Å². The van der Waals surface area contributed by atoms with Gasteiger partial charge in [0.15, 0.2) is 0 Å². The van der Waals surface area contributed by atoms with Gasteiger partial charge in [-0.2, -0.15) is 0 Å². The van der Waals surface area contributed by atoms with E-state index in [1.807, 2.05) is 97.1 Å². The Hall–Kier alpha value is -5.46. The molecule has 0 N–H and O–H groups in total. The lowest BCUT2D eigenvalue weighted by Crippen LogP contribution is -1.92. The first-order valence-corrected chi connectivity index (χ1v) is 14.0. The Bertz CT molecular complexity index is 2600. The summed E-state index contributed by atoms with van der Waals surface area (Å²) in [5, 5.41) is 3.49. The number of rotatable bonds is 4. The number of fused-ring (bicyclic) bond motifs is 3. The van der Waals surface area contributed by atoms with Crippen LogP contribution in [-0.4, -0.2) is 0 Å². The van der Waals surface area contributed by atoms with Gasteiger partial charge < -0.3 is 0 Å². The molecule has 0 atom stereocenters. The quantitative estimate of drug-likeness (QED) is 0.195. The molecule has 0 amide bonds. The van der Waals surface area contributed by atoms with Crippen LogP contribution >= 0.6 is 0 Å². The van der Waals surface area contributed by atoms with E-state index in [9.17, 15) is 6.85 Å². The van der Waals surface area contributed by atoms with Crippen molar-refractivity contribution in [3.05, 3.63) is 170 Å². The minimum absolute atomic E-state index is 0.0299. The van der Waals surface area contributed by atoms with Crippen LogP contribution in [0.25, 0.3) is 76.8 Å². The Morgan fingerprint density at radius 1 is 0.333 bits per heavy atom. The van der Waals surface area contributed by atoms with Gasteiger partial charge in [-0.3, -0.25) is 0 Å². The standard InChI is InChI=1S/C42H28/c1-3-11-29(12-4-1)36-25-26-39-40(28-36)42(38-18-10-9-17-37(38)41(39)32-14-5-2-6-15-32)33-22-19-31(20-23-33)35-24-21-30-13-7-8-16-34(30)27-35/h1-28H/i9D,10D,17D,18D,25D,26D,28D. The number of hydrogen-bond acceptors (Lipinski definition) is 0. The maximum Gasteiger partial charge on any atom is 0.0636 e. The smallest absolute Gasteiger partial charge is 0.0622 e. The number of benzene rings is 8. The van der Waals surface area contributed by atoms with Gasteiger partial charge in [-0.05, 0) is 88.9 Å². The fourth-order valence-corrected chi connectivity index (χ4v) is 5.85. The predicted octanol–water partition coefficient (Wildman–Crippen LogP) is 11.8. The average Bonchev–Trinajstić information content (AvgIpc) is 3.15. The van der Waals surface area contributed by atoms with Gasteiger partial charge in [0.25, 0.3) is 0 Å². The Labute approximate surface area is 256 Å². The van der Waals surface area contributed by atoms with Crippen LogP contribution in [0.1, 0.15) is 9.60 Å². The molecule has 42 heavy (non-hydrogen) atoms. The Balaban J connectivity index is 1.54. The van der Waals surface area contributed by atoms with E-state index < -0.39 is 0 Å². The van der Waals surface area contributed by atoms with Crippen LogP contribution in [0.3, 0.4) is 0 Å². The van der Waals surface area contributed by atoms with Gasteiger partial charge in [0.05, 0.1) is 9.60 Å². The maximum atomic E-state index is 9.72. The molecule has 0 saturated heterocycles. The minimum Gasteiger partial charge on any atom is -0.0622 e. The van der Waals surface area contributed by atoms with Gasteiger partial charge in [0, 0.05) is 0 Å². The fourth-order valence-electron chi connectivity index (χ4n) is 5.85. The lowest BCUT2D eigenvalue weighted by atomic mass is 9.84. The molecule has 0 aliphatic carbocycles. The molecule has 0 radical (unpaired) electrons. The van der Waals surface area contributed by atoms with E-state index in [2.05, 4.69) is 30.3 Å². The van der Waals surface area contributed by atoms with Crippen LogP contribution in [0.5, 0.6) is 0 Å². The summed E-state index contributed by atoms with van der Waals surface area (Å²) in [5.74, 6) is 0. The predicted molar refractivity (Wildman–Crippen MR) is 181 cm³/mol. The molecule has 196 valence electrons. The highest BCUT2D eigenvalue weighted by molar-refractivity contribution is 6.22. The SMILES string of the molecule is [2H]c1c([2H])c([2H])c2c(-c3ccc(-c4ccc5ccccc5c4)cc3)c3c([2H])c(-c4ccccc4)c([2H])c([2H])c3c(-c3ccccc3)c2c1[2H]. The molecular weight excluding hydrogens is 504 g/mol. The summed E-state index contributed by atoms with van der Waals surface area (Å²) in [7, 11) is 0.